The molecule has 0 radical (unpaired) electrons. The van der Waals surface area contributed by atoms with E-state index >= 15 is 9.59 Å². The van der Waals surface area contributed by atoms with E-state index in [0.29, 0.717) is 0 Å². The molecule has 1 saturated heterocycles. The van der Waals surface area contributed by atoms with E-state index in [4.69, 9.17) is 0 Å². The smallest absolute Gasteiger partial charge is 0.246 e. The summed E-state index contributed by atoms with van der Waals surface area (Å²) in [6.45, 7) is 30.0. The summed E-state index contributed by atoms with van der Waals surface area (Å²) < 4.78 is 0. The Morgan fingerprint density at radius 3 is 1.45 bits per heavy atom. The molecular formula is C63H111N11O13. The maximum atomic E-state index is 15.2. The van der Waals surface area contributed by atoms with Crippen LogP contribution in [0.5, 0.6) is 0 Å². The number of nitrogens with zero attached hydrogens (tertiary/aromatic N) is 7. The SMILES string of the molecule is C=C/C=C/C[C@@H](C)[C@@H](O)[C@H]1C(=O)N[C@@H](CC)C(=O)N(C)CC(=O)N(C)[C@@H](CC(C)C)C(=O)N[C@@H](C(C)C)C(=O)N(C)[C@@H](CC(C)C)C(=O)N[C@@H](C)C(=O)N[C@@H](C)C(=O)N(C)[C@@H](CC(C)(C)O)C(=O)N(C)[C@@H](CC(C)C)C(=O)N(C)[C@@H](C(C)C)C(=O)N1C. The molecule has 1 aliphatic heterocycles. The standard InChI is InChI=1S/C63H111N11O13/c1-25-27-28-29-40(13)52(76)51-56(80)66-43(26-2)58(82)68(18)34-48(75)69(19)44(30-35(3)4)55(79)67-49(38(9)10)61(85)70(20)45(31-36(5)6)54(78)64-41(14)53(77)65-42(15)57(81)72(22)47(33-63(16,17)87)60(84)71(21)46(32-37(7)8)59(83)73(23)50(39(11)12)62(86)74(51)24/h25,27-28,35-47,49-52,76,87H,1,26,29-34H2,2-24H3,(H,64,78)(H,65,77)(H,66,80)(H,67,79)/b28-27+/t40-,41+,42+,43+,44+,45+,46+,47+,49+,50+,51+,52-/m1/s1. The van der Waals surface area contributed by atoms with Gasteiger partial charge in [0, 0.05) is 55.8 Å². The van der Waals surface area contributed by atoms with Gasteiger partial charge >= 0.3 is 0 Å². The van der Waals surface area contributed by atoms with Crippen molar-refractivity contribution < 1.29 is 63.0 Å². The molecule has 496 valence electrons. The van der Waals surface area contributed by atoms with Crippen LogP contribution in [0.2, 0.25) is 0 Å². The lowest BCUT2D eigenvalue weighted by molar-refractivity contribution is -0.158. The third-order valence-electron chi connectivity index (χ3n) is 16.1. The Hall–Kier alpha value is -6.43. The number of nitrogens with one attached hydrogen (secondary N) is 4. The fraction of sp³-hybridized carbons (Fsp3) is 0.762. The monoisotopic (exact) mass is 1230 g/mol. The average molecular weight is 1230 g/mol. The Labute approximate surface area is 519 Å². The Kier molecular flexibility index (Phi) is 31.6. The number of amides is 11. The number of allylic oxidation sites excluding steroid dienone is 3. The van der Waals surface area contributed by atoms with Gasteiger partial charge in [-0.05, 0) is 95.3 Å². The molecule has 1 heterocycles. The molecule has 0 unspecified atom stereocenters. The zero-order valence-electron chi connectivity index (χ0n) is 56.7. The van der Waals surface area contributed by atoms with Crippen LogP contribution in [0.4, 0.5) is 0 Å². The number of rotatable bonds is 16. The Balaban J connectivity index is 4.37. The highest BCUT2D eigenvalue weighted by Crippen LogP contribution is 2.26. The number of likely N-dealkylation sites (N-methyl/N-ethyl adjacent to an activating group) is 7. The van der Waals surface area contributed by atoms with E-state index in [0.717, 1.165) is 14.7 Å². The van der Waals surface area contributed by atoms with Gasteiger partial charge in [0.25, 0.3) is 0 Å². The summed E-state index contributed by atoms with van der Waals surface area (Å²) in [4.78, 5) is 168. The number of carbonyl (C=O) groups is 11. The molecule has 1 fully saturated rings. The maximum Gasteiger partial charge on any atom is 0.246 e. The van der Waals surface area contributed by atoms with Crippen molar-refractivity contribution in [3.63, 3.8) is 0 Å². The van der Waals surface area contributed by atoms with Gasteiger partial charge in [0.15, 0.2) is 0 Å². The van der Waals surface area contributed by atoms with Gasteiger partial charge in [-0.2, -0.15) is 0 Å². The lowest BCUT2D eigenvalue weighted by atomic mass is 9.91. The van der Waals surface area contributed by atoms with Gasteiger partial charge < -0.3 is 65.8 Å². The van der Waals surface area contributed by atoms with Crippen LogP contribution in [-0.2, 0) is 52.7 Å². The van der Waals surface area contributed by atoms with E-state index in [1.807, 2.05) is 41.5 Å². The fourth-order valence-electron chi connectivity index (χ4n) is 10.7. The lowest BCUT2D eigenvalue weighted by Crippen LogP contribution is -2.63. The first-order valence-corrected chi connectivity index (χ1v) is 30.7. The third kappa shape index (κ3) is 22.6. The van der Waals surface area contributed by atoms with Crippen molar-refractivity contribution >= 4 is 65.0 Å². The molecule has 24 heteroatoms. The zero-order valence-corrected chi connectivity index (χ0v) is 56.7. The molecule has 0 aromatic heterocycles. The average Bonchev–Trinajstić information content (AvgIpc) is 1.85. The normalized spacial score (nSPS) is 26.6. The predicted octanol–water partition coefficient (Wildman–Crippen LogP) is 2.55. The molecule has 1 aliphatic rings. The molecule has 87 heavy (non-hydrogen) atoms. The Bertz CT molecular complexity index is 2420. The van der Waals surface area contributed by atoms with Gasteiger partial charge in [-0.3, -0.25) is 52.7 Å². The molecular weight excluding hydrogens is 1120 g/mol. The van der Waals surface area contributed by atoms with Crippen LogP contribution < -0.4 is 21.3 Å². The van der Waals surface area contributed by atoms with Crippen molar-refractivity contribution in [1.82, 2.24) is 55.6 Å². The van der Waals surface area contributed by atoms with Crippen molar-refractivity contribution in [3.05, 3.63) is 24.8 Å². The highest BCUT2D eigenvalue weighted by atomic mass is 16.3. The first-order chi connectivity index (χ1) is 40.0. The van der Waals surface area contributed by atoms with E-state index < -0.39 is 161 Å². The summed E-state index contributed by atoms with van der Waals surface area (Å²) in [6, 6.07) is -13.1. The number of hydrogen-bond donors (Lipinski definition) is 6. The second kappa shape index (κ2) is 34.9. The molecule has 0 aromatic carbocycles. The van der Waals surface area contributed by atoms with Crippen LogP contribution in [0.15, 0.2) is 24.8 Å². The fourth-order valence-corrected chi connectivity index (χ4v) is 10.7. The second-order valence-corrected chi connectivity index (χ2v) is 26.6. The van der Waals surface area contributed by atoms with Crippen molar-refractivity contribution in [2.75, 3.05) is 55.9 Å². The van der Waals surface area contributed by atoms with Crippen LogP contribution in [0.25, 0.3) is 0 Å². The molecule has 12 atom stereocenters. The molecule has 0 spiro atoms. The largest absolute Gasteiger partial charge is 0.390 e. The Morgan fingerprint density at radius 1 is 0.529 bits per heavy atom. The number of carbonyl (C=O) groups excluding carboxylic acids is 11. The number of hydrogen-bond acceptors (Lipinski definition) is 13. The van der Waals surface area contributed by atoms with Gasteiger partial charge in [0.1, 0.15) is 60.4 Å². The third-order valence-corrected chi connectivity index (χ3v) is 16.1. The lowest BCUT2D eigenvalue weighted by Gasteiger charge is -2.42. The molecule has 11 amide bonds. The molecule has 0 bridgehead atoms. The molecule has 0 saturated carbocycles. The topological polar surface area (TPSA) is 299 Å². The minimum Gasteiger partial charge on any atom is -0.390 e. The summed E-state index contributed by atoms with van der Waals surface area (Å²) in [5.74, 6) is -10.4. The highest BCUT2D eigenvalue weighted by Gasteiger charge is 2.46. The zero-order chi connectivity index (χ0) is 67.6. The molecule has 0 aliphatic carbocycles. The number of aliphatic hydroxyl groups is 2. The minimum absolute atomic E-state index is 0.00279. The van der Waals surface area contributed by atoms with Crippen molar-refractivity contribution in [2.24, 2.45) is 35.5 Å². The van der Waals surface area contributed by atoms with E-state index in [2.05, 4.69) is 27.8 Å². The predicted molar refractivity (Wildman–Crippen MR) is 334 cm³/mol. The minimum atomic E-state index is -1.66. The summed E-state index contributed by atoms with van der Waals surface area (Å²) >= 11 is 0. The molecule has 1 rings (SSSR count). The van der Waals surface area contributed by atoms with Gasteiger partial charge in [-0.25, -0.2) is 0 Å². The van der Waals surface area contributed by atoms with Crippen LogP contribution in [-0.4, -0.2) is 237 Å². The first-order valence-electron chi connectivity index (χ1n) is 30.7. The molecule has 24 nitrogen and oxygen atoms in total. The summed E-state index contributed by atoms with van der Waals surface area (Å²) in [5.41, 5.74) is -1.56. The maximum absolute atomic E-state index is 15.2. The second-order valence-electron chi connectivity index (χ2n) is 26.6. The number of aliphatic hydroxyl groups excluding tert-OH is 1. The van der Waals surface area contributed by atoms with E-state index in [1.54, 1.807) is 59.8 Å². The van der Waals surface area contributed by atoms with E-state index in [-0.39, 0.29) is 56.3 Å². The summed E-state index contributed by atoms with van der Waals surface area (Å²) in [5, 5.41) is 34.2. The van der Waals surface area contributed by atoms with E-state index in [1.165, 1.54) is 96.6 Å². The van der Waals surface area contributed by atoms with E-state index in [9.17, 15) is 53.4 Å². The summed E-state index contributed by atoms with van der Waals surface area (Å²) in [7, 11) is 9.60. The summed E-state index contributed by atoms with van der Waals surface area (Å²) in [6.07, 6.45) is 3.62. The molecule has 0 aromatic rings. The van der Waals surface area contributed by atoms with Crippen molar-refractivity contribution in [3.8, 4) is 0 Å². The van der Waals surface area contributed by atoms with Crippen molar-refractivity contribution in [1.29, 1.82) is 0 Å². The van der Waals surface area contributed by atoms with Gasteiger partial charge in [-0.15, -0.1) is 0 Å². The van der Waals surface area contributed by atoms with Gasteiger partial charge in [0.05, 0.1) is 18.2 Å². The van der Waals surface area contributed by atoms with Crippen LogP contribution in [0, 0.1) is 35.5 Å². The van der Waals surface area contributed by atoms with Gasteiger partial charge in [0.2, 0.25) is 65.0 Å². The Morgan fingerprint density at radius 2 is 0.977 bits per heavy atom. The first kappa shape index (κ1) is 78.6. The van der Waals surface area contributed by atoms with Crippen LogP contribution >= 0.6 is 0 Å². The van der Waals surface area contributed by atoms with Crippen LogP contribution in [0.1, 0.15) is 149 Å². The highest BCUT2D eigenvalue weighted by molar-refractivity contribution is 5.99. The van der Waals surface area contributed by atoms with Crippen LogP contribution in [0.3, 0.4) is 0 Å². The van der Waals surface area contributed by atoms with Crippen molar-refractivity contribution in [2.45, 2.75) is 221 Å². The molecule has 6 N–H and O–H groups in total. The van der Waals surface area contributed by atoms with Gasteiger partial charge in [-0.1, -0.05) is 108 Å². The quantitative estimate of drug-likeness (QED) is 0.121.